The summed E-state index contributed by atoms with van der Waals surface area (Å²) in [5, 5.41) is 0. The highest BCUT2D eigenvalue weighted by Gasteiger charge is 2.03. The summed E-state index contributed by atoms with van der Waals surface area (Å²) < 4.78 is 2.23. The molecule has 0 aliphatic heterocycles. The van der Waals surface area contributed by atoms with E-state index in [0.29, 0.717) is 0 Å². The van der Waals surface area contributed by atoms with Crippen LogP contribution in [-0.2, 0) is 6.54 Å². The number of unbranched alkanes of at least 4 members (excludes halogenated alkanes) is 2. The first-order valence-electron chi connectivity index (χ1n) is 5.10. The summed E-state index contributed by atoms with van der Waals surface area (Å²) in [4.78, 5) is 0. The third kappa shape index (κ3) is 3.17. The van der Waals surface area contributed by atoms with Gasteiger partial charge in [0.25, 0.3) is 0 Å². The van der Waals surface area contributed by atoms with Crippen molar-refractivity contribution in [2.24, 2.45) is 0 Å². The Kier molecular flexibility index (Phi) is 4.70. The lowest BCUT2D eigenvalue weighted by atomic mass is 10.2. The summed E-state index contributed by atoms with van der Waals surface area (Å²) >= 11 is 0. The predicted octanol–water partition coefficient (Wildman–Crippen LogP) is 2.97. The molecule has 74 valence electrons. The van der Waals surface area contributed by atoms with Crippen LogP contribution in [0.4, 0.5) is 0 Å². The first-order valence-corrected chi connectivity index (χ1v) is 5.10. The molecule has 0 saturated heterocycles. The Balaban J connectivity index is 2.48. The van der Waals surface area contributed by atoms with E-state index in [1.54, 1.807) is 0 Å². The van der Waals surface area contributed by atoms with Gasteiger partial charge in [-0.3, -0.25) is 0 Å². The first kappa shape index (κ1) is 10.7. The van der Waals surface area contributed by atoms with Crippen LogP contribution in [0.2, 0.25) is 0 Å². The SMILES string of the molecule is C=CCCCC[n+]1ccccc1C=C. The highest BCUT2D eigenvalue weighted by atomic mass is 14.9. The maximum absolute atomic E-state index is 3.80. The summed E-state index contributed by atoms with van der Waals surface area (Å²) in [6.45, 7) is 8.58. The lowest BCUT2D eigenvalue weighted by Gasteiger charge is -1.99. The van der Waals surface area contributed by atoms with Gasteiger partial charge in [-0.05, 0) is 18.9 Å². The molecule has 1 nitrogen and oxygen atoms in total. The normalized spacial score (nSPS) is 9.71. The van der Waals surface area contributed by atoms with Crippen molar-refractivity contribution in [1.29, 1.82) is 0 Å². The third-order valence-electron chi connectivity index (χ3n) is 2.24. The number of pyridine rings is 1. The number of hydrogen-bond donors (Lipinski definition) is 0. The van der Waals surface area contributed by atoms with E-state index in [1.165, 1.54) is 18.5 Å². The number of allylic oxidation sites excluding steroid dienone is 1. The van der Waals surface area contributed by atoms with E-state index in [4.69, 9.17) is 0 Å². The first-order chi connectivity index (χ1) is 6.88. The summed E-state index contributed by atoms with van der Waals surface area (Å²) in [5.74, 6) is 0. The molecular formula is C13H18N+. The molecule has 1 aromatic rings. The van der Waals surface area contributed by atoms with Crippen LogP contribution in [0, 0.1) is 0 Å². The van der Waals surface area contributed by atoms with Gasteiger partial charge < -0.3 is 0 Å². The van der Waals surface area contributed by atoms with Crippen molar-refractivity contribution in [3.63, 3.8) is 0 Å². The quantitative estimate of drug-likeness (QED) is 0.367. The average molecular weight is 188 g/mol. The third-order valence-corrected chi connectivity index (χ3v) is 2.24. The monoisotopic (exact) mass is 188 g/mol. The number of aromatic nitrogens is 1. The van der Waals surface area contributed by atoms with Crippen molar-refractivity contribution in [3.05, 3.63) is 49.3 Å². The molecule has 14 heavy (non-hydrogen) atoms. The molecule has 1 heterocycles. The van der Waals surface area contributed by atoms with E-state index in [-0.39, 0.29) is 0 Å². The zero-order chi connectivity index (χ0) is 10.2. The van der Waals surface area contributed by atoms with E-state index in [1.807, 2.05) is 18.2 Å². The molecule has 0 spiro atoms. The van der Waals surface area contributed by atoms with E-state index in [0.717, 1.165) is 13.0 Å². The minimum Gasteiger partial charge on any atom is -0.199 e. The molecule has 0 radical (unpaired) electrons. The molecule has 0 N–H and O–H groups in total. The molecule has 0 atom stereocenters. The molecule has 0 amide bonds. The Hall–Kier alpha value is -1.37. The smallest absolute Gasteiger partial charge is 0.199 e. The summed E-state index contributed by atoms with van der Waals surface area (Å²) in [6.07, 6.45) is 9.49. The number of hydrogen-bond acceptors (Lipinski definition) is 0. The van der Waals surface area contributed by atoms with Gasteiger partial charge in [0.05, 0.1) is 0 Å². The maximum atomic E-state index is 3.80. The largest absolute Gasteiger partial charge is 0.204 e. The summed E-state index contributed by atoms with van der Waals surface area (Å²) in [6, 6.07) is 6.18. The van der Waals surface area contributed by atoms with Crippen LogP contribution in [0.5, 0.6) is 0 Å². The molecule has 1 heteroatoms. The highest BCUT2D eigenvalue weighted by molar-refractivity contribution is 5.36. The van der Waals surface area contributed by atoms with Crippen molar-refractivity contribution in [2.45, 2.75) is 25.8 Å². The molecule has 0 aliphatic rings. The van der Waals surface area contributed by atoms with Crippen molar-refractivity contribution in [1.82, 2.24) is 0 Å². The second-order valence-corrected chi connectivity index (χ2v) is 3.31. The van der Waals surface area contributed by atoms with Gasteiger partial charge in [0, 0.05) is 24.6 Å². The molecule has 0 aromatic carbocycles. The van der Waals surface area contributed by atoms with Crippen LogP contribution in [0.3, 0.4) is 0 Å². The Bertz CT molecular complexity index is 302. The van der Waals surface area contributed by atoms with E-state index in [2.05, 4.69) is 36.1 Å². The minimum atomic E-state index is 1.07. The van der Waals surface area contributed by atoms with Gasteiger partial charge in [-0.1, -0.05) is 12.7 Å². The molecule has 0 fully saturated rings. The lowest BCUT2D eigenvalue weighted by molar-refractivity contribution is -0.699. The van der Waals surface area contributed by atoms with Gasteiger partial charge in [0.2, 0.25) is 5.69 Å². The molecule has 1 aromatic heterocycles. The van der Waals surface area contributed by atoms with E-state index >= 15 is 0 Å². The summed E-state index contributed by atoms with van der Waals surface area (Å²) in [7, 11) is 0. The second-order valence-electron chi connectivity index (χ2n) is 3.31. The zero-order valence-corrected chi connectivity index (χ0v) is 8.65. The van der Waals surface area contributed by atoms with Crippen molar-refractivity contribution < 1.29 is 4.57 Å². The van der Waals surface area contributed by atoms with Gasteiger partial charge >= 0.3 is 0 Å². The molecule has 0 bridgehead atoms. The Morgan fingerprint density at radius 1 is 1.21 bits per heavy atom. The molecule has 0 unspecified atom stereocenters. The standard InChI is InChI=1S/C13H18N/c1-3-5-6-8-11-14-12-9-7-10-13(14)4-2/h3-4,7,9-10,12H,1-2,5-6,8,11H2/q+1. The van der Waals surface area contributed by atoms with Gasteiger partial charge in [-0.15, -0.1) is 6.58 Å². The molecule has 0 saturated carbocycles. The van der Waals surface area contributed by atoms with Crippen molar-refractivity contribution in [3.8, 4) is 0 Å². The number of rotatable bonds is 6. The van der Waals surface area contributed by atoms with Crippen LogP contribution in [-0.4, -0.2) is 0 Å². The van der Waals surface area contributed by atoms with Crippen LogP contribution >= 0.6 is 0 Å². The number of nitrogens with zero attached hydrogens (tertiary/aromatic N) is 1. The number of aryl methyl sites for hydroxylation is 1. The Labute approximate surface area is 86.4 Å². The fourth-order valence-electron chi connectivity index (χ4n) is 1.45. The average Bonchev–Trinajstić information content (AvgIpc) is 2.25. The zero-order valence-electron chi connectivity index (χ0n) is 8.65. The van der Waals surface area contributed by atoms with Crippen molar-refractivity contribution in [2.75, 3.05) is 0 Å². The van der Waals surface area contributed by atoms with Crippen LogP contribution in [0.25, 0.3) is 6.08 Å². The molecular weight excluding hydrogens is 170 g/mol. The Morgan fingerprint density at radius 2 is 2.07 bits per heavy atom. The van der Waals surface area contributed by atoms with Gasteiger partial charge in [0.15, 0.2) is 6.20 Å². The van der Waals surface area contributed by atoms with Crippen molar-refractivity contribution >= 4 is 6.08 Å². The lowest BCUT2D eigenvalue weighted by Crippen LogP contribution is -2.36. The molecule has 1 rings (SSSR count). The second kappa shape index (κ2) is 6.14. The van der Waals surface area contributed by atoms with Gasteiger partial charge in [-0.25, -0.2) is 0 Å². The van der Waals surface area contributed by atoms with Crippen LogP contribution in [0.15, 0.2) is 43.6 Å². The topological polar surface area (TPSA) is 3.88 Å². The highest BCUT2D eigenvalue weighted by Crippen LogP contribution is 1.98. The fourth-order valence-corrected chi connectivity index (χ4v) is 1.45. The maximum Gasteiger partial charge on any atom is 0.204 e. The summed E-state index contributed by atoms with van der Waals surface area (Å²) in [5.41, 5.74) is 1.19. The van der Waals surface area contributed by atoms with Gasteiger partial charge in [0.1, 0.15) is 6.54 Å². The fraction of sp³-hybridized carbons (Fsp3) is 0.308. The predicted molar refractivity (Wildman–Crippen MR) is 60.8 cm³/mol. The minimum absolute atomic E-state index is 1.07. The van der Waals surface area contributed by atoms with Gasteiger partial charge in [-0.2, -0.15) is 4.57 Å². The molecule has 0 aliphatic carbocycles. The van der Waals surface area contributed by atoms with E-state index < -0.39 is 0 Å². The Morgan fingerprint density at radius 3 is 2.79 bits per heavy atom. The van der Waals surface area contributed by atoms with Crippen LogP contribution < -0.4 is 4.57 Å². The van der Waals surface area contributed by atoms with Crippen LogP contribution in [0.1, 0.15) is 25.0 Å². The van der Waals surface area contributed by atoms with E-state index in [9.17, 15) is 0 Å².